The molecule has 4 nitrogen and oxygen atoms in total. The van der Waals surface area contributed by atoms with E-state index in [0.717, 1.165) is 19.7 Å². The standard InChI is InChI=1S/C13H19N3O/c1-15(10-13-4-3-5-17-13)8-11-6-12(7-14)16(2)9-11/h6,9,13H,3-5,8,10H2,1-2H3. The summed E-state index contributed by atoms with van der Waals surface area (Å²) in [5.41, 5.74) is 1.90. The fourth-order valence-corrected chi connectivity index (χ4v) is 2.34. The molecule has 0 saturated carbocycles. The minimum Gasteiger partial charge on any atom is -0.377 e. The molecule has 1 fully saturated rings. The van der Waals surface area contributed by atoms with E-state index in [9.17, 15) is 0 Å². The van der Waals surface area contributed by atoms with Crippen molar-refractivity contribution in [1.29, 1.82) is 5.26 Å². The lowest BCUT2D eigenvalue weighted by molar-refractivity contribution is 0.0793. The van der Waals surface area contributed by atoms with Crippen LogP contribution in [0.5, 0.6) is 0 Å². The second-order valence-corrected chi connectivity index (χ2v) is 4.79. The molecular formula is C13H19N3O. The van der Waals surface area contributed by atoms with E-state index >= 15 is 0 Å². The van der Waals surface area contributed by atoms with Crippen LogP contribution in [0.25, 0.3) is 0 Å². The molecule has 92 valence electrons. The van der Waals surface area contributed by atoms with Gasteiger partial charge in [-0.2, -0.15) is 5.26 Å². The van der Waals surface area contributed by atoms with Crippen molar-refractivity contribution in [3.8, 4) is 6.07 Å². The first kappa shape index (κ1) is 12.2. The third kappa shape index (κ3) is 3.09. The molecule has 17 heavy (non-hydrogen) atoms. The number of aromatic nitrogens is 1. The zero-order valence-electron chi connectivity index (χ0n) is 10.5. The van der Waals surface area contributed by atoms with Gasteiger partial charge in [0.1, 0.15) is 11.8 Å². The first-order chi connectivity index (χ1) is 8.19. The number of aryl methyl sites for hydroxylation is 1. The van der Waals surface area contributed by atoms with Crippen LogP contribution in [0.3, 0.4) is 0 Å². The molecule has 0 amide bonds. The molecule has 0 aromatic carbocycles. The normalized spacial score (nSPS) is 19.8. The van der Waals surface area contributed by atoms with E-state index in [2.05, 4.69) is 18.0 Å². The zero-order chi connectivity index (χ0) is 12.3. The summed E-state index contributed by atoms with van der Waals surface area (Å²) in [5.74, 6) is 0. The first-order valence-corrected chi connectivity index (χ1v) is 6.04. The maximum Gasteiger partial charge on any atom is 0.120 e. The van der Waals surface area contributed by atoms with E-state index in [0.29, 0.717) is 11.8 Å². The monoisotopic (exact) mass is 233 g/mol. The van der Waals surface area contributed by atoms with Crippen molar-refractivity contribution < 1.29 is 4.74 Å². The van der Waals surface area contributed by atoms with Crippen LogP contribution >= 0.6 is 0 Å². The van der Waals surface area contributed by atoms with Gasteiger partial charge >= 0.3 is 0 Å². The van der Waals surface area contributed by atoms with Crippen molar-refractivity contribution in [2.75, 3.05) is 20.2 Å². The van der Waals surface area contributed by atoms with Gasteiger partial charge in [-0.05, 0) is 31.5 Å². The van der Waals surface area contributed by atoms with Crippen molar-refractivity contribution in [2.45, 2.75) is 25.5 Å². The molecule has 0 spiro atoms. The van der Waals surface area contributed by atoms with Gasteiger partial charge in [0.05, 0.1) is 6.10 Å². The van der Waals surface area contributed by atoms with Gasteiger partial charge in [-0.3, -0.25) is 4.90 Å². The van der Waals surface area contributed by atoms with E-state index in [1.807, 2.05) is 23.9 Å². The minimum atomic E-state index is 0.388. The largest absolute Gasteiger partial charge is 0.377 e. The molecule has 1 aromatic heterocycles. The summed E-state index contributed by atoms with van der Waals surface area (Å²) < 4.78 is 7.48. The Morgan fingerprint density at radius 1 is 1.65 bits per heavy atom. The molecular weight excluding hydrogens is 214 g/mol. The smallest absolute Gasteiger partial charge is 0.120 e. The number of rotatable bonds is 4. The SMILES string of the molecule is CN(Cc1cc(C#N)n(C)c1)CC1CCCO1. The molecule has 1 aliphatic rings. The summed E-state index contributed by atoms with van der Waals surface area (Å²) in [7, 11) is 4.00. The summed E-state index contributed by atoms with van der Waals surface area (Å²) in [4.78, 5) is 2.26. The highest BCUT2D eigenvalue weighted by Crippen LogP contribution is 2.14. The number of likely N-dealkylation sites (N-methyl/N-ethyl adjacent to an activating group) is 1. The maximum absolute atomic E-state index is 8.89. The molecule has 0 N–H and O–H groups in total. The fourth-order valence-electron chi connectivity index (χ4n) is 2.34. The third-order valence-corrected chi connectivity index (χ3v) is 3.17. The van der Waals surface area contributed by atoms with Crippen molar-refractivity contribution in [3.05, 3.63) is 23.5 Å². The Labute approximate surface area is 102 Å². The highest BCUT2D eigenvalue weighted by molar-refractivity contribution is 5.28. The lowest BCUT2D eigenvalue weighted by Gasteiger charge is -2.19. The van der Waals surface area contributed by atoms with Gasteiger partial charge in [-0.25, -0.2) is 0 Å². The number of hydrogen-bond donors (Lipinski definition) is 0. The molecule has 1 aliphatic heterocycles. The topological polar surface area (TPSA) is 41.2 Å². The van der Waals surface area contributed by atoms with E-state index in [1.165, 1.54) is 18.4 Å². The summed E-state index contributed by atoms with van der Waals surface area (Å²) in [6, 6.07) is 4.13. The number of nitrogens with zero attached hydrogens (tertiary/aromatic N) is 3. The van der Waals surface area contributed by atoms with E-state index < -0.39 is 0 Å². The van der Waals surface area contributed by atoms with E-state index in [4.69, 9.17) is 10.00 Å². The Morgan fingerprint density at radius 2 is 2.47 bits per heavy atom. The quantitative estimate of drug-likeness (QED) is 0.791. The predicted molar refractivity (Wildman–Crippen MR) is 65.4 cm³/mol. The van der Waals surface area contributed by atoms with Gasteiger partial charge in [-0.1, -0.05) is 0 Å². The second kappa shape index (κ2) is 5.35. The van der Waals surface area contributed by atoms with Crippen LogP contribution in [-0.2, 0) is 18.3 Å². The molecule has 1 unspecified atom stereocenters. The molecule has 4 heteroatoms. The molecule has 1 aromatic rings. The van der Waals surface area contributed by atoms with Crippen LogP contribution in [0.15, 0.2) is 12.3 Å². The van der Waals surface area contributed by atoms with Gasteiger partial charge in [0, 0.05) is 32.9 Å². The zero-order valence-corrected chi connectivity index (χ0v) is 10.5. The predicted octanol–water partition coefficient (Wildman–Crippen LogP) is 1.51. The highest BCUT2D eigenvalue weighted by atomic mass is 16.5. The van der Waals surface area contributed by atoms with Crippen LogP contribution in [0.1, 0.15) is 24.1 Å². The lowest BCUT2D eigenvalue weighted by atomic mass is 10.2. The summed E-state index contributed by atoms with van der Waals surface area (Å²) in [6.45, 7) is 2.74. The van der Waals surface area contributed by atoms with Crippen molar-refractivity contribution in [1.82, 2.24) is 9.47 Å². The Hall–Kier alpha value is -1.31. The van der Waals surface area contributed by atoms with E-state index in [-0.39, 0.29) is 0 Å². The summed E-state index contributed by atoms with van der Waals surface area (Å²) in [5, 5.41) is 8.89. The van der Waals surface area contributed by atoms with Gasteiger partial charge in [0.25, 0.3) is 0 Å². The van der Waals surface area contributed by atoms with Gasteiger partial charge in [-0.15, -0.1) is 0 Å². The van der Waals surface area contributed by atoms with Crippen LogP contribution in [0.2, 0.25) is 0 Å². The summed E-state index contributed by atoms with van der Waals surface area (Å²) in [6.07, 6.45) is 4.76. The first-order valence-electron chi connectivity index (χ1n) is 6.04. The van der Waals surface area contributed by atoms with Crippen LogP contribution < -0.4 is 0 Å². The number of ether oxygens (including phenoxy) is 1. The van der Waals surface area contributed by atoms with Crippen molar-refractivity contribution in [2.24, 2.45) is 7.05 Å². The second-order valence-electron chi connectivity index (χ2n) is 4.79. The minimum absolute atomic E-state index is 0.388. The van der Waals surface area contributed by atoms with Gasteiger partial charge < -0.3 is 9.30 Å². The number of hydrogen-bond acceptors (Lipinski definition) is 3. The lowest BCUT2D eigenvalue weighted by Crippen LogP contribution is -2.28. The maximum atomic E-state index is 8.89. The molecule has 0 radical (unpaired) electrons. The van der Waals surface area contributed by atoms with Crippen LogP contribution in [-0.4, -0.2) is 35.8 Å². The summed E-state index contributed by atoms with van der Waals surface area (Å²) >= 11 is 0. The molecule has 1 saturated heterocycles. The Morgan fingerprint density at radius 3 is 3.06 bits per heavy atom. The van der Waals surface area contributed by atoms with Crippen LogP contribution in [0.4, 0.5) is 0 Å². The van der Waals surface area contributed by atoms with Gasteiger partial charge in [0.15, 0.2) is 0 Å². The fraction of sp³-hybridized carbons (Fsp3) is 0.615. The third-order valence-electron chi connectivity index (χ3n) is 3.17. The molecule has 0 bridgehead atoms. The molecule has 1 atom stereocenters. The van der Waals surface area contributed by atoms with E-state index in [1.54, 1.807) is 0 Å². The van der Waals surface area contributed by atoms with Crippen molar-refractivity contribution >= 4 is 0 Å². The molecule has 2 rings (SSSR count). The Bertz CT molecular complexity index is 413. The molecule has 0 aliphatic carbocycles. The molecule has 2 heterocycles. The van der Waals surface area contributed by atoms with Crippen LogP contribution in [0, 0.1) is 11.3 Å². The van der Waals surface area contributed by atoms with Gasteiger partial charge in [0.2, 0.25) is 0 Å². The average molecular weight is 233 g/mol. The highest BCUT2D eigenvalue weighted by Gasteiger charge is 2.17. The Balaban J connectivity index is 1.88. The average Bonchev–Trinajstić information content (AvgIpc) is 2.88. The van der Waals surface area contributed by atoms with Crippen molar-refractivity contribution in [3.63, 3.8) is 0 Å². The number of nitriles is 1. The Kier molecular flexibility index (Phi) is 3.82.